The molecule has 3 heteroatoms. The summed E-state index contributed by atoms with van der Waals surface area (Å²) in [5, 5.41) is 3.00. The molecule has 1 amide bonds. The first-order valence-corrected chi connectivity index (χ1v) is 8.21. The first-order chi connectivity index (χ1) is 11.2. The lowest BCUT2D eigenvalue weighted by Crippen LogP contribution is -2.22. The van der Waals surface area contributed by atoms with Crippen LogP contribution in [0.5, 0.6) is 5.75 Å². The molecule has 0 spiro atoms. The highest BCUT2D eigenvalue weighted by atomic mass is 16.5. The molecule has 0 fully saturated rings. The smallest absolute Gasteiger partial charge is 0.227 e. The molecular weight excluding hydrogens is 286 g/mol. The zero-order valence-corrected chi connectivity index (χ0v) is 13.9. The Balaban J connectivity index is 1.82. The lowest BCUT2D eigenvalue weighted by Gasteiger charge is -2.15. The van der Waals surface area contributed by atoms with Crippen molar-refractivity contribution in [2.45, 2.75) is 32.6 Å². The van der Waals surface area contributed by atoms with Crippen molar-refractivity contribution in [3.05, 3.63) is 60.2 Å². The summed E-state index contributed by atoms with van der Waals surface area (Å²) in [5.41, 5.74) is 2.15. The molecule has 0 bridgehead atoms. The van der Waals surface area contributed by atoms with Gasteiger partial charge in [-0.1, -0.05) is 37.3 Å². The van der Waals surface area contributed by atoms with E-state index < -0.39 is 0 Å². The normalized spacial score (nSPS) is 11.7. The van der Waals surface area contributed by atoms with E-state index in [-0.39, 0.29) is 11.8 Å². The molecule has 0 aromatic heterocycles. The molecule has 23 heavy (non-hydrogen) atoms. The maximum Gasteiger partial charge on any atom is 0.227 e. The highest BCUT2D eigenvalue weighted by Gasteiger charge is 2.16. The van der Waals surface area contributed by atoms with Crippen LogP contribution in [0.2, 0.25) is 0 Å². The number of nitrogens with one attached hydrogen (secondary N) is 1. The lowest BCUT2D eigenvalue weighted by atomic mass is 9.96. The minimum absolute atomic E-state index is 0.0563. The Morgan fingerprint density at radius 1 is 1.09 bits per heavy atom. The van der Waals surface area contributed by atoms with Crippen LogP contribution in [0.25, 0.3) is 0 Å². The fourth-order valence-corrected chi connectivity index (χ4v) is 2.64. The van der Waals surface area contributed by atoms with E-state index in [0.29, 0.717) is 0 Å². The number of methoxy groups -OCH3 is 1. The van der Waals surface area contributed by atoms with Crippen molar-refractivity contribution in [2.24, 2.45) is 5.92 Å². The van der Waals surface area contributed by atoms with Crippen molar-refractivity contribution in [1.82, 2.24) is 0 Å². The van der Waals surface area contributed by atoms with E-state index in [1.54, 1.807) is 7.11 Å². The Bertz CT molecular complexity index is 593. The van der Waals surface area contributed by atoms with Crippen molar-refractivity contribution in [3.8, 4) is 5.75 Å². The predicted molar refractivity (Wildman–Crippen MR) is 94.8 cm³/mol. The van der Waals surface area contributed by atoms with Gasteiger partial charge in [-0.15, -0.1) is 0 Å². The van der Waals surface area contributed by atoms with Crippen LogP contribution in [0, 0.1) is 5.92 Å². The van der Waals surface area contributed by atoms with Crippen LogP contribution >= 0.6 is 0 Å². The van der Waals surface area contributed by atoms with Crippen LogP contribution in [0.15, 0.2) is 54.6 Å². The number of carbonyl (C=O) groups excluding carboxylic acids is 1. The topological polar surface area (TPSA) is 38.3 Å². The first-order valence-electron chi connectivity index (χ1n) is 8.21. The molecule has 1 atom stereocenters. The molecule has 1 N–H and O–H groups in total. The summed E-state index contributed by atoms with van der Waals surface area (Å²) in [4.78, 5) is 12.4. The molecule has 0 heterocycles. The van der Waals surface area contributed by atoms with Gasteiger partial charge in [0.05, 0.1) is 7.11 Å². The second-order valence-corrected chi connectivity index (χ2v) is 5.70. The molecular formula is C20H25NO2. The van der Waals surface area contributed by atoms with Crippen molar-refractivity contribution in [2.75, 3.05) is 12.4 Å². The molecule has 0 radical (unpaired) electrons. The maximum absolute atomic E-state index is 12.4. The summed E-state index contributed by atoms with van der Waals surface area (Å²) in [6, 6.07) is 17.9. The Morgan fingerprint density at radius 3 is 2.39 bits per heavy atom. The number of rotatable bonds is 8. The number of ether oxygens (including phenoxy) is 1. The minimum atomic E-state index is 0.0563. The molecule has 1 unspecified atom stereocenters. The molecule has 0 aliphatic carbocycles. The van der Waals surface area contributed by atoms with E-state index in [1.807, 2.05) is 30.3 Å². The summed E-state index contributed by atoms with van der Waals surface area (Å²) in [6.07, 6.45) is 3.82. The molecule has 122 valence electrons. The number of benzene rings is 2. The second kappa shape index (κ2) is 8.99. The monoisotopic (exact) mass is 311 g/mol. The van der Waals surface area contributed by atoms with Gasteiger partial charge >= 0.3 is 0 Å². The number of hydrogen-bond donors (Lipinski definition) is 1. The van der Waals surface area contributed by atoms with E-state index in [4.69, 9.17) is 4.74 Å². The standard InChI is InChI=1S/C20H25NO2/c1-3-17(11-7-10-16-8-5-4-6-9-16)20(22)21-18-12-14-19(23-2)15-13-18/h4-6,8-9,12-15,17H,3,7,10-11H2,1-2H3,(H,21,22). The van der Waals surface area contributed by atoms with Gasteiger partial charge in [0, 0.05) is 11.6 Å². The van der Waals surface area contributed by atoms with Crippen LogP contribution in [-0.2, 0) is 11.2 Å². The SMILES string of the molecule is CCC(CCCc1ccccc1)C(=O)Nc1ccc(OC)cc1. The number of anilines is 1. The number of aryl methyl sites for hydroxylation is 1. The summed E-state index contributed by atoms with van der Waals surface area (Å²) in [6.45, 7) is 2.07. The summed E-state index contributed by atoms with van der Waals surface area (Å²) in [5.74, 6) is 0.949. The fraction of sp³-hybridized carbons (Fsp3) is 0.350. The van der Waals surface area contributed by atoms with E-state index in [9.17, 15) is 4.79 Å². The fourth-order valence-electron chi connectivity index (χ4n) is 2.64. The summed E-state index contributed by atoms with van der Waals surface area (Å²) >= 11 is 0. The van der Waals surface area contributed by atoms with Crippen molar-refractivity contribution >= 4 is 11.6 Å². The average Bonchev–Trinajstić information content (AvgIpc) is 2.60. The zero-order chi connectivity index (χ0) is 16.5. The van der Waals surface area contributed by atoms with Gasteiger partial charge in [-0.2, -0.15) is 0 Å². The largest absolute Gasteiger partial charge is 0.497 e. The lowest BCUT2D eigenvalue weighted by molar-refractivity contribution is -0.120. The molecule has 2 aromatic carbocycles. The predicted octanol–water partition coefficient (Wildman–Crippen LogP) is 4.68. The van der Waals surface area contributed by atoms with Gasteiger partial charge in [0.2, 0.25) is 5.91 Å². The highest BCUT2D eigenvalue weighted by Crippen LogP contribution is 2.19. The Labute approximate surface area is 138 Å². The molecule has 3 nitrogen and oxygen atoms in total. The van der Waals surface area contributed by atoms with E-state index in [2.05, 4.69) is 36.5 Å². The van der Waals surface area contributed by atoms with Crippen LogP contribution in [0.3, 0.4) is 0 Å². The van der Waals surface area contributed by atoms with Gasteiger partial charge in [0.15, 0.2) is 0 Å². The van der Waals surface area contributed by atoms with E-state index in [1.165, 1.54) is 5.56 Å². The summed E-state index contributed by atoms with van der Waals surface area (Å²) < 4.78 is 5.13. The van der Waals surface area contributed by atoms with Crippen LogP contribution in [-0.4, -0.2) is 13.0 Å². The highest BCUT2D eigenvalue weighted by molar-refractivity contribution is 5.92. The molecule has 0 saturated carbocycles. The third-order valence-corrected chi connectivity index (χ3v) is 4.08. The van der Waals surface area contributed by atoms with Crippen LogP contribution in [0.1, 0.15) is 31.7 Å². The van der Waals surface area contributed by atoms with Crippen molar-refractivity contribution in [3.63, 3.8) is 0 Å². The Morgan fingerprint density at radius 2 is 1.78 bits per heavy atom. The molecule has 0 saturated heterocycles. The van der Waals surface area contributed by atoms with Gasteiger partial charge < -0.3 is 10.1 Å². The molecule has 2 rings (SSSR count). The zero-order valence-electron chi connectivity index (χ0n) is 13.9. The maximum atomic E-state index is 12.4. The second-order valence-electron chi connectivity index (χ2n) is 5.70. The van der Waals surface area contributed by atoms with Crippen molar-refractivity contribution < 1.29 is 9.53 Å². The van der Waals surface area contributed by atoms with Crippen molar-refractivity contribution in [1.29, 1.82) is 0 Å². The van der Waals surface area contributed by atoms with Crippen LogP contribution in [0.4, 0.5) is 5.69 Å². The van der Waals surface area contributed by atoms with Gasteiger partial charge in [0.1, 0.15) is 5.75 Å². The summed E-state index contributed by atoms with van der Waals surface area (Å²) in [7, 11) is 1.63. The minimum Gasteiger partial charge on any atom is -0.497 e. The number of hydrogen-bond acceptors (Lipinski definition) is 2. The van der Waals surface area contributed by atoms with Gasteiger partial charge in [0.25, 0.3) is 0 Å². The molecule has 0 aliphatic rings. The molecule has 2 aromatic rings. The quantitative estimate of drug-likeness (QED) is 0.768. The van der Waals surface area contributed by atoms with Crippen LogP contribution < -0.4 is 10.1 Å². The molecule has 0 aliphatic heterocycles. The number of carbonyl (C=O) groups is 1. The Kier molecular flexibility index (Phi) is 6.67. The third-order valence-electron chi connectivity index (χ3n) is 4.08. The van der Waals surface area contributed by atoms with Gasteiger partial charge in [-0.25, -0.2) is 0 Å². The average molecular weight is 311 g/mol. The van der Waals surface area contributed by atoms with E-state index >= 15 is 0 Å². The first kappa shape index (κ1) is 17.1. The van der Waals surface area contributed by atoms with E-state index in [0.717, 1.165) is 37.1 Å². The Hall–Kier alpha value is -2.29. The third kappa shape index (κ3) is 5.44. The number of amides is 1. The van der Waals surface area contributed by atoms with Gasteiger partial charge in [-0.05, 0) is 55.5 Å². The van der Waals surface area contributed by atoms with Gasteiger partial charge in [-0.3, -0.25) is 4.79 Å².